The first-order chi connectivity index (χ1) is 7.78. The molecule has 0 heterocycles. The van der Waals surface area contributed by atoms with Crippen LogP contribution in [0.1, 0.15) is 20.8 Å². The summed E-state index contributed by atoms with van der Waals surface area (Å²) >= 11 is 0. The molecular weight excluding hydrogens is 245 g/mol. The number of rotatable bonds is 1. The molecule has 0 unspecified atom stereocenters. The van der Waals surface area contributed by atoms with Gasteiger partial charge >= 0.3 is 6.09 Å². The van der Waals surface area contributed by atoms with E-state index in [1.807, 2.05) is 0 Å². The fourth-order valence-corrected chi connectivity index (χ4v) is 1.60. The molecule has 0 spiro atoms. The standard InChI is InChI=1S/C11H13FNO3S/c1-11(2,3)16-10(14)13-17(15)9-6-4-8(12)5-7-9/h4-7H,1-3H3/q-1. The van der Waals surface area contributed by atoms with Crippen LogP contribution in [0.15, 0.2) is 33.5 Å². The molecule has 0 aliphatic heterocycles. The van der Waals surface area contributed by atoms with Gasteiger partial charge in [0.05, 0.1) is 0 Å². The molecule has 0 aliphatic rings. The Morgan fingerprint density at radius 2 is 1.82 bits per heavy atom. The van der Waals surface area contributed by atoms with Crippen LogP contribution in [0.25, 0.3) is 0 Å². The monoisotopic (exact) mass is 258 g/mol. The minimum absolute atomic E-state index is 0.247. The molecule has 94 valence electrons. The molecule has 6 heteroatoms. The van der Waals surface area contributed by atoms with Crippen molar-refractivity contribution in [2.75, 3.05) is 0 Å². The van der Waals surface area contributed by atoms with Gasteiger partial charge in [0.2, 0.25) is 0 Å². The van der Waals surface area contributed by atoms with Crippen LogP contribution in [0.5, 0.6) is 0 Å². The summed E-state index contributed by atoms with van der Waals surface area (Å²) < 4.78 is 32.4. The van der Waals surface area contributed by atoms with Crippen molar-refractivity contribution < 1.29 is 18.1 Å². The Balaban J connectivity index is 2.83. The maximum absolute atomic E-state index is 12.6. The minimum atomic E-state index is -1.87. The summed E-state index contributed by atoms with van der Waals surface area (Å²) in [6.45, 7) is 5.05. The first kappa shape index (κ1) is 13.6. The van der Waals surface area contributed by atoms with Crippen molar-refractivity contribution >= 4 is 16.7 Å². The number of carbonyl (C=O) groups is 1. The lowest BCUT2D eigenvalue weighted by molar-refractivity contribution is 0.0608. The van der Waals surface area contributed by atoms with Crippen LogP contribution in [0.4, 0.5) is 9.18 Å². The molecule has 1 rings (SSSR count). The molecule has 0 saturated carbocycles. The number of halogens is 1. The predicted molar refractivity (Wildman–Crippen MR) is 61.4 cm³/mol. The predicted octanol–water partition coefficient (Wildman–Crippen LogP) is 3.27. The van der Waals surface area contributed by atoms with E-state index in [0.717, 1.165) is 12.1 Å². The average Bonchev–Trinajstić information content (AvgIpc) is 2.15. The lowest BCUT2D eigenvalue weighted by Gasteiger charge is -2.18. The molecule has 0 radical (unpaired) electrons. The summed E-state index contributed by atoms with van der Waals surface area (Å²) in [6, 6.07) is 4.91. The van der Waals surface area contributed by atoms with Gasteiger partial charge < -0.3 is 8.95 Å². The van der Waals surface area contributed by atoms with Gasteiger partial charge in [0.15, 0.2) is 0 Å². The average molecular weight is 258 g/mol. The zero-order valence-corrected chi connectivity index (χ0v) is 10.6. The molecule has 1 amide bonds. The van der Waals surface area contributed by atoms with E-state index in [1.165, 1.54) is 12.1 Å². The van der Waals surface area contributed by atoms with Crippen molar-refractivity contribution in [3.8, 4) is 0 Å². The van der Waals surface area contributed by atoms with Gasteiger partial charge in [-0.05, 0) is 32.9 Å². The number of amides is 1. The number of hydrogen-bond donors (Lipinski definition) is 0. The number of carbonyl (C=O) groups excluding carboxylic acids is 1. The summed E-state index contributed by atoms with van der Waals surface area (Å²) in [4.78, 5) is 11.5. The van der Waals surface area contributed by atoms with Gasteiger partial charge in [0.25, 0.3) is 0 Å². The van der Waals surface area contributed by atoms with Crippen LogP contribution in [-0.2, 0) is 19.5 Å². The number of hydrogen-bond acceptors (Lipinski definition) is 4. The highest BCUT2D eigenvalue weighted by Gasteiger charge is 2.13. The second-order valence-corrected chi connectivity index (χ2v) is 5.43. The summed E-state index contributed by atoms with van der Waals surface area (Å²) in [7, 11) is -1.87. The lowest BCUT2D eigenvalue weighted by atomic mass is 10.2. The molecule has 1 aromatic carbocycles. The Kier molecular flexibility index (Phi) is 4.22. The van der Waals surface area contributed by atoms with E-state index in [4.69, 9.17) is 4.74 Å². The zero-order valence-electron chi connectivity index (χ0n) is 9.77. The number of benzene rings is 1. The van der Waals surface area contributed by atoms with E-state index in [0.29, 0.717) is 0 Å². The van der Waals surface area contributed by atoms with Gasteiger partial charge in [-0.1, -0.05) is 17.0 Å². The van der Waals surface area contributed by atoms with Crippen LogP contribution in [0.3, 0.4) is 0 Å². The van der Waals surface area contributed by atoms with Crippen molar-refractivity contribution in [1.29, 1.82) is 0 Å². The van der Waals surface area contributed by atoms with Crippen molar-refractivity contribution in [2.45, 2.75) is 31.3 Å². The number of nitrogens with zero attached hydrogens (tertiary/aromatic N) is 1. The van der Waals surface area contributed by atoms with E-state index < -0.39 is 28.1 Å². The third-order valence-corrected chi connectivity index (χ3v) is 2.56. The Morgan fingerprint density at radius 3 is 2.29 bits per heavy atom. The largest absolute Gasteiger partial charge is 0.444 e. The van der Waals surface area contributed by atoms with Gasteiger partial charge in [-0.2, -0.15) is 0 Å². The molecule has 1 aromatic rings. The normalized spacial score (nSPS) is 13.4. The summed E-state index contributed by atoms with van der Waals surface area (Å²) in [6.07, 6.45) is -0.903. The van der Waals surface area contributed by atoms with Crippen molar-refractivity contribution in [2.24, 2.45) is 4.36 Å². The van der Waals surface area contributed by atoms with Crippen molar-refractivity contribution in [3.05, 3.63) is 30.1 Å². The molecule has 0 saturated heterocycles. The Bertz CT molecular complexity index is 484. The van der Waals surface area contributed by atoms with Crippen LogP contribution >= 0.6 is 0 Å². The zero-order chi connectivity index (χ0) is 13.1. The summed E-state index contributed by atoms with van der Waals surface area (Å²) in [5, 5.41) is 0. The van der Waals surface area contributed by atoms with Gasteiger partial charge in [-0.15, -0.1) is 10.6 Å². The van der Waals surface area contributed by atoms with Crippen molar-refractivity contribution in [1.82, 2.24) is 0 Å². The fourth-order valence-electron chi connectivity index (χ4n) is 0.952. The third-order valence-electron chi connectivity index (χ3n) is 1.57. The summed E-state index contributed by atoms with van der Waals surface area (Å²) in [5.74, 6) is -0.442. The first-order valence-electron chi connectivity index (χ1n) is 4.90. The van der Waals surface area contributed by atoms with Crippen LogP contribution < -0.4 is 0 Å². The minimum Gasteiger partial charge on any atom is -0.444 e. The molecule has 4 nitrogen and oxygen atoms in total. The molecule has 0 N–H and O–H groups in total. The van der Waals surface area contributed by atoms with Gasteiger partial charge in [-0.3, -0.25) is 4.36 Å². The van der Waals surface area contributed by atoms with Gasteiger partial charge in [-0.25, -0.2) is 9.18 Å². The molecule has 0 aliphatic carbocycles. The highest BCUT2D eigenvalue weighted by atomic mass is 32.2. The smallest absolute Gasteiger partial charge is 0.410 e. The lowest BCUT2D eigenvalue weighted by Crippen LogP contribution is -2.21. The van der Waals surface area contributed by atoms with Crippen molar-refractivity contribution in [3.63, 3.8) is 0 Å². The maximum atomic E-state index is 12.6. The van der Waals surface area contributed by atoms with E-state index >= 15 is 0 Å². The molecular formula is C11H13FNO3S-. The van der Waals surface area contributed by atoms with E-state index in [9.17, 15) is 13.4 Å². The second-order valence-electron chi connectivity index (χ2n) is 4.27. The molecule has 0 aromatic heterocycles. The molecule has 17 heavy (non-hydrogen) atoms. The second kappa shape index (κ2) is 5.27. The maximum Gasteiger partial charge on any atom is 0.410 e. The number of ether oxygens (including phenoxy) is 1. The molecule has 0 fully saturated rings. The van der Waals surface area contributed by atoms with Crippen LogP contribution in [0, 0.1) is 5.82 Å². The Hall–Kier alpha value is -1.43. The quantitative estimate of drug-likeness (QED) is 0.726. The molecule has 0 atom stereocenters. The fraction of sp³-hybridized carbons (Fsp3) is 0.364. The first-order valence-corrected chi connectivity index (χ1v) is 6.01. The SMILES string of the molecule is CC(C)(C)OC(=O)N=[S-](=O)c1ccc(F)cc1. The van der Waals surface area contributed by atoms with Crippen LogP contribution in [0.2, 0.25) is 0 Å². The third kappa shape index (κ3) is 4.95. The van der Waals surface area contributed by atoms with E-state index in [2.05, 4.69) is 4.36 Å². The van der Waals surface area contributed by atoms with E-state index in [-0.39, 0.29) is 4.90 Å². The van der Waals surface area contributed by atoms with E-state index in [1.54, 1.807) is 20.8 Å². The Labute approximate surface area is 101 Å². The summed E-state index contributed by atoms with van der Waals surface area (Å²) in [5.41, 5.74) is -0.687. The topological polar surface area (TPSA) is 55.7 Å². The highest BCUT2D eigenvalue weighted by Crippen LogP contribution is 2.10. The van der Waals surface area contributed by atoms with Gasteiger partial charge in [0, 0.05) is 0 Å². The van der Waals surface area contributed by atoms with Gasteiger partial charge in [0.1, 0.15) is 11.4 Å². The Morgan fingerprint density at radius 1 is 1.29 bits per heavy atom. The molecule has 0 bridgehead atoms. The van der Waals surface area contributed by atoms with Crippen LogP contribution in [-0.4, -0.2) is 11.7 Å². The highest BCUT2D eigenvalue weighted by molar-refractivity contribution is 7.75.